The zero-order valence-electron chi connectivity index (χ0n) is 8.53. The second-order valence-electron chi connectivity index (χ2n) is 3.02. The van der Waals surface area contributed by atoms with Crippen LogP contribution in [0.15, 0.2) is 0 Å². The number of hydrogen-bond donors (Lipinski definition) is 0. The van der Waals surface area contributed by atoms with Gasteiger partial charge in [-0.1, -0.05) is 13.8 Å². The quantitative estimate of drug-likeness (QED) is 0.325. The minimum Gasteiger partial charge on any atom is -0.725 e. The molecule has 0 spiro atoms. The zero-order chi connectivity index (χ0) is 9.14. The Hall–Kier alpha value is 1.48. The van der Waals surface area contributed by atoms with E-state index in [1.165, 1.54) is 0 Å². The molecule has 0 N–H and O–H groups in total. The Morgan fingerprint density at radius 1 is 1.08 bits per heavy atom. The summed E-state index contributed by atoms with van der Waals surface area (Å²) in [5, 5.41) is 3.88. The first-order chi connectivity index (χ1) is 5.65. The Bertz CT molecular complexity index is 197. The second-order valence-corrected chi connectivity index (χ2v) is 6.97. The van der Waals surface area contributed by atoms with E-state index in [-0.39, 0.29) is 29.6 Å². The van der Waals surface area contributed by atoms with Gasteiger partial charge in [0.05, 0.1) is 0 Å². The molecule has 4 heteroatoms. The molecule has 0 aromatic rings. The van der Waals surface area contributed by atoms with Crippen LogP contribution in [0.4, 0.5) is 0 Å². The predicted octanol–water partition coefficient (Wildman–Crippen LogP) is -0.283. The van der Waals surface area contributed by atoms with E-state index in [9.17, 15) is 0 Å². The number of hydrogen-bond acceptors (Lipinski definition) is 3. The summed E-state index contributed by atoms with van der Waals surface area (Å²) in [4.78, 5) is 0. The van der Waals surface area contributed by atoms with E-state index in [0.29, 0.717) is 21.0 Å². The first-order valence-corrected chi connectivity index (χ1v) is 6.38. The fourth-order valence-electron chi connectivity index (χ4n) is 1.49. The molecule has 1 saturated heterocycles. The van der Waals surface area contributed by atoms with Crippen LogP contribution in [0.1, 0.15) is 20.8 Å². The van der Waals surface area contributed by atoms with E-state index in [0.717, 1.165) is 0 Å². The first-order valence-electron chi connectivity index (χ1n) is 4.08. The molecule has 1 heterocycles. The summed E-state index contributed by atoms with van der Waals surface area (Å²) < 4.78 is 0.707. The van der Waals surface area contributed by atoms with Crippen LogP contribution in [-0.2, 0) is 12.6 Å². The van der Waals surface area contributed by atoms with Crippen LogP contribution in [0, 0.1) is 17.1 Å². The van der Waals surface area contributed by atoms with Gasteiger partial charge in [0.15, 0.2) is 0 Å². The van der Waals surface area contributed by atoms with E-state index in [4.69, 9.17) is 0 Å². The Morgan fingerprint density at radius 3 is 1.92 bits per heavy atom. The number of thioether (sulfide) groups is 2. The van der Waals surface area contributed by atoms with E-state index in [2.05, 4.69) is 44.6 Å². The summed E-state index contributed by atoms with van der Waals surface area (Å²) in [7, 11) is 0. The fraction of sp³-hybridized carbons (Fsp3) is 0.778. The molecule has 0 aromatic carbocycles. The van der Waals surface area contributed by atoms with Crippen LogP contribution in [0.2, 0.25) is 0 Å². The molecule has 2 unspecified atom stereocenters. The summed E-state index contributed by atoms with van der Waals surface area (Å²) in [5.74, 6) is 3.61. The molecule has 1 fully saturated rings. The monoisotopic (exact) mass is 240 g/mol. The summed E-state index contributed by atoms with van der Waals surface area (Å²) in [6, 6.07) is 0. The average molecular weight is 240 g/mol. The van der Waals surface area contributed by atoms with Gasteiger partial charge in [-0.15, -0.1) is 29.4 Å². The average Bonchev–Trinajstić information content (AvgIpc) is 1.96. The van der Waals surface area contributed by atoms with Crippen molar-refractivity contribution < 1.29 is 29.6 Å². The van der Waals surface area contributed by atoms with Crippen molar-refractivity contribution in [1.29, 1.82) is 0 Å². The van der Waals surface area contributed by atoms with Crippen LogP contribution in [0.25, 0.3) is 0 Å². The van der Waals surface area contributed by atoms with Crippen molar-refractivity contribution in [3.8, 4) is 11.2 Å². The Labute approximate surface area is 117 Å². The minimum atomic E-state index is 0. The third-order valence-corrected chi connectivity index (χ3v) is 5.05. The van der Waals surface area contributed by atoms with Crippen molar-refractivity contribution >= 4 is 36.2 Å². The Balaban J connectivity index is 0.00000144. The predicted molar refractivity (Wildman–Crippen MR) is 62.2 cm³/mol. The molecule has 0 bridgehead atoms. The van der Waals surface area contributed by atoms with Crippen LogP contribution >= 0.6 is 23.5 Å². The normalized spacial score (nSPS) is 38.4. The van der Waals surface area contributed by atoms with E-state index >= 15 is 0 Å². The van der Waals surface area contributed by atoms with Crippen molar-refractivity contribution in [3.63, 3.8) is 0 Å². The van der Waals surface area contributed by atoms with Gasteiger partial charge in [-0.3, -0.25) is 0 Å². The zero-order valence-corrected chi connectivity index (χ0v) is 13.0. The Kier molecular flexibility index (Phi) is 7.65. The molecule has 0 nitrogen and oxygen atoms in total. The summed E-state index contributed by atoms with van der Waals surface area (Å²) in [6.07, 6.45) is 0. The van der Waals surface area contributed by atoms with Gasteiger partial charge in [0.1, 0.15) is 0 Å². The van der Waals surface area contributed by atoms with Crippen LogP contribution in [0.5, 0.6) is 0 Å². The maximum atomic E-state index is 4.69. The van der Waals surface area contributed by atoms with Crippen molar-refractivity contribution in [2.45, 2.75) is 35.9 Å². The first kappa shape index (κ1) is 14.5. The molecule has 1 aliphatic rings. The van der Waals surface area contributed by atoms with Gasteiger partial charge in [-0.05, 0) is 6.92 Å². The Morgan fingerprint density at radius 2 is 1.54 bits per heavy atom. The second kappa shape index (κ2) is 6.87. The molecular formula is C9H13NaS3. The summed E-state index contributed by atoms with van der Waals surface area (Å²) >= 11 is 8.70. The van der Waals surface area contributed by atoms with Crippen molar-refractivity contribution in [1.82, 2.24) is 0 Å². The van der Waals surface area contributed by atoms with Gasteiger partial charge in [0.25, 0.3) is 0 Å². The van der Waals surface area contributed by atoms with Gasteiger partial charge in [-0.2, -0.15) is 0 Å². The molecule has 0 amide bonds. The van der Waals surface area contributed by atoms with Crippen molar-refractivity contribution in [3.05, 3.63) is 0 Å². The van der Waals surface area contributed by atoms with E-state index in [1.807, 2.05) is 23.5 Å². The summed E-state index contributed by atoms with van der Waals surface area (Å²) in [6.45, 7) is 6.77. The molecular weight excluding hydrogens is 227 g/mol. The maximum Gasteiger partial charge on any atom is 1.00 e. The van der Waals surface area contributed by atoms with Gasteiger partial charge < -0.3 is 12.6 Å². The SMILES string of the molecule is CC1SC(C)C(C#C[S-])C(C)S1.[Na+]. The van der Waals surface area contributed by atoms with Crippen LogP contribution in [-0.4, -0.2) is 15.1 Å². The van der Waals surface area contributed by atoms with Crippen LogP contribution < -0.4 is 29.6 Å². The van der Waals surface area contributed by atoms with Gasteiger partial charge in [0.2, 0.25) is 0 Å². The standard InChI is InChI=1S/C9H14S3.Na/c1-6-9(4-5-10)7(2)12-8(3)11-6;/h6-10H,1-3H3;/q;+1/p-1. The van der Waals surface area contributed by atoms with E-state index < -0.39 is 0 Å². The van der Waals surface area contributed by atoms with Gasteiger partial charge >= 0.3 is 29.6 Å². The van der Waals surface area contributed by atoms with Crippen LogP contribution in [0.3, 0.4) is 0 Å². The maximum absolute atomic E-state index is 4.69. The van der Waals surface area contributed by atoms with Gasteiger partial charge in [-0.25, -0.2) is 5.25 Å². The molecule has 1 aliphatic heterocycles. The third kappa shape index (κ3) is 4.24. The van der Waals surface area contributed by atoms with Gasteiger partial charge in [0, 0.05) is 21.0 Å². The molecule has 1 rings (SSSR count). The molecule has 68 valence electrons. The molecule has 0 aliphatic carbocycles. The van der Waals surface area contributed by atoms with Crippen molar-refractivity contribution in [2.24, 2.45) is 5.92 Å². The topological polar surface area (TPSA) is 0 Å². The van der Waals surface area contributed by atoms with Crippen molar-refractivity contribution in [2.75, 3.05) is 0 Å². The van der Waals surface area contributed by atoms with E-state index in [1.54, 1.807) is 0 Å². The smallest absolute Gasteiger partial charge is 0.725 e. The third-order valence-electron chi connectivity index (χ3n) is 2.05. The molecule has 0 radical (unpaired) electrons. The largest absolute Gasteiger partial charge is 1.00 e. The molecule has 13 heavy (non-hydrogen) atoms. The summed E-state index contributed by atoms with van der Waals surface area (Å²) in [5.41, 5.74) is 0. The minimum absolute atomic E-state index is 0. The molecule has 0 saturated carbocycles. The number of rotatable bonds is 0. The molecule has 2 atom stereocenters. The molecule has 0 aromatic heterocycles. The fourth-order valence-corrected chi connectivity index (χ4v) is 5.19.